The van der Waals surface area contributed by atoms with Crippen molar-refractivity contribution in [3.8, 4) is 11.5 Å². The highest BCUT2D eigenvalue weighted by molar-refractivity contribution is 5.95. The van der Waals surface area contributed by atoms with Gasteiger partial charge in [-0.3, -0.25) is 9.59 Å². The van der Waals surface area contributed by atoms with Crippen molar-refractivity contribution in [3.05, 3.63) is 93.4 Å². The molecule has 6 nitrogen and oxygen atoms in total. The van der Waals surface area contributed by atoms with Gasteiger partial charge in [0.05, 0.1) is 6.54 Å². The quantitative estimate of drug-likeness (QED) is 0.692. The molecule has 1 amide bonds. The van der Waals surface area contributed by atoms with Crippen molar-refractivity contribution < 1.29 is 14.3 Å². The van der Waals surface area contributed by atoms with Crippen LogP contribution in [0.1, 0.15) is 27.0 Å². The molecular weight excluding hydrogens is 368 g/mol. The second-order valence-corrected chi connectivity index (χ2v) is 7.32. The molecule has 2 aromatic carbocycles. The van der Waals surface area contributed by atoms with Gasteiger partial charge >= 0.3 is 0 Å². The maximum absolute atomic E-state index is 13.0. The summed E-state index contributed by atoms with van der Waals surface area (Å²) in [5, 5.41) is 0. The maximum atomic E-state index is 13.0. The molecule has 2 aliphatic rings. The monoisotopic (exact) mass is 388 g/mol. The van der Waals surface area contributed by atoms with Crippen molar-refractivity contribution in [2.75, 3.05) is 13.3 Å². The molecule has 3 aromatic rings. The number of carbonyl (C=O) groups is 1. The first-order valence-electron chi connectivity index (χ1n) is 9.62. The molecule has 146 valence electrons. The van der Waals surface area contributed by atoms with Crippen LogP contribution in [0.3, 0.4) is 0 Å². The Hall–Kier alpha value is -3.54. The zero-order valence-corrected chi connectivity index (χ0v) is 15.8. The zero-order valence-electron chi connectivity index (χ0n) is 15.8. The van der Waals surface area contributed by atoms with Crippen LogP contribution in [0, 0.1) is 0 Å². The Balaban J connectivity index is 1.39. The Morgan fingerprint density at radius 1 is 0.966 bits per heavy atom. The number of benzene rings is 2. The molecule has 0 saturated heterocycles. The molecule has 1 aromatic heterocycles. The molecule has 5 rings (SSSR count). The van der Waals surface area contributed by atoms with Gasteiger partial charge in [0.15, 0.2) is 11.5 Å². The largest absolute Gasteiger partial charge is 0.454 e. The lowest BCUT2D eigenvalue weighted by atomic mass is 10.0. The van der Waals surface area contributed by atoms with E-state index in [1.54, 1.807) is 28.8 Å². The number of hydrogen-bond acceptors (Lipinski definition) is 4. The van der Waals surface area contributed by atoms with E-state index in [9.17, 15) is 9.59 Å². The van der Waals surface area contributed by atoms with Crippen LogP contribution in [0.4, 0.5) is 0 Å². The highest BCUT2D eigenvalue weighted by Gasteiger charge is 2.24. The molecule has 0 aliphatic carbocycles. The molecule has 0 fully saturated rings. The van der Waals surface area contributed by atoms with Gasteiger partial charge in [0, 0.05) is 30.9 Å². The summed E-state index contributed by atoms with van der Waals surface area (Å²) < 4.78 is 12.4. The summed E-state index contributed by atoms with van der Waals surface area (Å²) in [5.74, 6) is 1.22. The Morgan fingerprint density at radius 2 is 1.79 bits per heavy atom. The molecular formula is C23H20N2O4. The maximum Gasteiger partial charge on any atom is 0.254 e. The molecule has 2 aliphatic heterocycles. The highest BCUT2D eigenvalue weighted by atomic mass is 16.7. The van der Waals surface area contributed by atoms with Gasteiger partial charge in [0.2, 0.25) is 6.79 Å². The predicted molar refractivity (Wildman–Crippen MR) is 107 cm³/mol. The molecule has 0 unspecified atom stereocenters. The Bertz CT molecular complexity index is 1140. The van der Waals surface area contributed by atoms with Crippen molar-refractivity contribution in [3.63, 3.8) is 0 Å². The Labute approximate surface area is 167 Å². The Kier molecular flexibility index (Phi) is 4.31. The van der Waals surface area contributed by atoms with Crippen LogP contribution in [0.15, 0.2) is 65.6 Å². The fraction of sp³-hybridized carbons (Fsp3) is 0.217. The van der Waals surface area contributed by atoms with Crippen molar-refractivity contribution in [2.24, 2.45) is 0 Å². The van der Waals surface area contributed by atoms with Gasteiger partial charge in [-0.1, -0.05) is 30.3 Å². The van der Waals surface area contributed by atoms with Crippen LogP contribution >= 0.6 is 0 Å². The van der Waals surface area contributed by atoms with Crippen LogP contribution < -0.4 is 15.0 Å². The lowest BCUT2D eigenvalue weighted by Crippen LogP contribution is -2.37. The van der Waals surface area contributed by atoms with E-state index in [4.69, 9.17) is 9.47 Å². The van der Waals surface area contributed by atoms with Crippen LogP contribution in [0.2, 0.25) is 0 Å². The minimum atomic E-state index is -0.0465. The van der Waals surface area contributed by atoms with Gasteiger partial charge in [-0.25, -0.2) is 0 Å². The standard InChI is InChI=1S/C23H20N2O4/c26-22-11-17-8-9-24(23(27)18-6-7-20-21(10-18)29-15-28-20)13-19(17)14-25(22)12-16-4-2-1-3-5-16/h1-7,10-11,14H,8-9,12-13,15H2. The summed E-state index contributed by atoms with van der Waals surface area (Å²) in [7, 11) is 0. The minimum absolute atomic E-state index is 0.0110. The highest BCUT2D eigenvalue weighted by Crippen LogP contribution is 2.33. The SMILES string of the molecule is O=C(c1ccc2c(c1)OCO2)N1CCc2cc(=O)n(Cc3ccccc3)cc2C1. The third-order valence-electron chi connectivity index (χ3n) is 5.42. The van der Waals surface area contributed by atoms with E-state index in [0.29, 0.717) is 43.1 Å². The first-order valence-corrected chi connectivity index (χ1v) is 9.62. The number of pyridine rings is 1. The summed E-state index contributed by atoms with van der Waals surface area (Å²) in [5.41, 5.74) is 3.67. The second-order valence-electron chi connectivity index (χ2n) is 7.32. The number of hydrogen-bond donors (Lipinski definition) is 0. The third kappa shape index (κ3) is 3.38. The number of carbonyl (C=O) groups excluding carboxylic acids is 1. The zero-order chi connectivity index (χ0) is 19.8. The number of amides is 1. The molecule has 0 atom stereocenters. The van der Waals surface area contributed by atoms with Gasteiger partial charge < -0.3 is 18.9 Å². The van der Waals surface area contributed by atoms with Gasteiger partial charge in [-0.15, -0.1) is 0 Å². The summed E-state index contributed by atoms with van der Waals surface area (Å²) >= 11 is 0. The van der Waals surface area contributed by atoms with Crippen molar-refractivity contribution in [1.82, 2.24) is 9.47 Å². The summed E-state index contributed by atoms with van der Waals surface area (Å²) in [6.45, 7) is 1.77. The molecule has 6 heteroatoms. The van der Waals surface area contributed by atoms with Gasteiger partial charge in [0.1, 0.15) is 0 Å². The van der Waals surface area contributed by atoms with Crippen molar-refractivity contribution in [2.45, 2.75) is 19.5 Å². The van der Waals surface area contributed by atoms with E-state index in [1.165, 1.54) is 0 Å². The Morgan fingerprint density at radius 3 is 2.66 bits per heavy atom. The molecule has 0 N–H and O–H groups in total. The van der Waals surface area contributed by atoms with Crippen LogP contribution in [-0.2, 0) is 19.5 Å². The van der Waals surface area contributed by atoms with E-state index in [2.05, 4.69) is 0 Å². The van der Waals surface area contributed by atoms with Gasteiger partial charge in [-0.2, -0.15) is 0 Å². The number of rotatable bonds is 3. The van der Waals surface area contributed by atoms with E-state index in [1.807, 2.05) is 41.4 Å². The fourth-order valence-electron chi connectivity index (χ4n) is 3.86. The molecule has 0 saturated carbocycles. The lowest BCUT2D eigenvalue weighted by Gasteiger charge is -2.29. The summed E-state index contributed by atoms with van der Waals surface area (Å²) in [6, 6.07) is 16.9. The third-order valence-corrected chi connectivity index (χ3v) is 5.42. The van der Waals surface area contributed by atoms with Gasteiger partial charge in [0.25, 0.3) is 11.5 Å². The molecule has 3 heterocycles. The summed E-state index contributed by atoms with van der Waals surface area (Å²) in [6.07, 6.45) is 2.57. The van der Waals surface area contributed by atoms with Crippen LogP contribution in [0.25, 0.3) is 0 Å². The molecule has 0 bridgehead atoms. The minimum Gasteiger partial charge on any atom is -0.454 e. The fourth-order valence-corrected chi connectivity index (χ4v) is 3.86. The van der Waals surface area contributed by atoms with Crippen molar-refractivity contribution in [1.29, 1.82) is 0 Å². The number of aromatic nitrogens is 1. The van der Waals surface area contributed by atoms with Crippen LogP contribution in [0.5, 0.6) is 11.5 Å². The van der Waals surface area contributed by atoms with E-state index in [0.717, 1.165) is 16.7 Å². The second kappa shape index (κ2) is 7.13. The smallest absolute Gasteiger partial charge is 0.254 e. The van der Waals surface area contributed by atoms with Crippen LogP contribution in [-0.4, -0.2) is 28.7 Å². The topological polar surface area (TPSA) is 60.8 Å². The average molecular weight is 388 g/mol. The molecule has 0 radical (unpaired) electrons. The van der Waals surface area contributed by atoms with Crippen molar-refractivity contribution >= 4 is 5.91 Å². The van der Waals surface area contributed by atoms with E-state index in [-0.39, 0.29) is 18.3 Å². The van der Waals surface area contributed by atoms with Gasteiger partial charge in [-0.05, 0) is 41.3 Å². The molecule has 29 heavy (non-hydrogen) atoms. The van der Waals surface area contributed by atoms with E-state index >= 15 is 0 Å². The predicted octanol–water partition coefficient (Wildman–Crippen LogP) is 2.82. The number of nitrogens with zero attached hydrogens (tertiary/aromatic N) is 2. The first kappa shape index (κ1) is 17.6. The summed E-state index contributed by atoms with van der Waals surface area (Å²) in [4.78, 5) is 27.3. The normalized spacial score (nSPS) is 14.6. The average Bonchev–Trinajstić information content (AvgIpc) is 3.22. The first-order chi connectivity index (χ1) is 14.2. The van der Waals surface area contributed by atoms with E-state index < -0.39 is 0 Å². The number of ether oxygens (including phenoxy) is 2. The lowest BCUT2D eigenvalue weighted by molar-refractivity contribution is 0.0733. The number of fused-ring (bicyclic) bond motifs is 2. The molecule has 0 spiro atoms.